The van der Waals surface area contributed by atoms with Gasteiger partial charge in [0.25, 0.3) is 0 Å². The summed E-state index contributed by atoms with van der Waals surface area (Å²) in [5.41, 5.74) is 0. The van der Waals surface area contributed by atoms with Gasteiger partial charge < -0.3 is 25.2 Å². The Bertz CT molecular complexity index is 469. The topological polar surface area (TPSA) is 154 Å². The first-order chi connectivity index (χ1) is 11.1. The molecule has 9 nitrogen and oxygen atoms in total. The molecule has 0 spiro atoms. The molecule has 1 rings (SSSR count). The predicted molar refractivity (Wildman–Crippen MR) is 83.3 cm³/mol. The van der Waals surface area contributed by atoms with Gasteiger partial charge in [0, 0.05) is 6.42 Å². The van der Waals surface area contributed by atoms with Crippen LogP contribution in [0.2, 0.25) is 0 Å². The molecule has 144 valence electrons. The Hall–Kier alpha value is -0.330. The van der Waals surface area contributed by atoms with Crippen LogP contribution in [-0.4, -0.2) is 70.2 Å². The molecule has 1 saturated heterocycles. The normalized spacial score (nSPS) is 34.4. The highest BCUT2D eigenvalue weighted by atomic mass is 32.3. The fraction of sp³-hybridized carbons (Fsp3) is 1.00. The first-order valence-corrected chi connectivity index (χ1v) is 9.54. The molecule has 1 heterocycles. The van der Waals surface area contributed by atoms with Gasteiger partial charge in [0.15, 0.2) is 11.9 Å². The summed E-state index contributed by atoms with van der Waals surface area (Å²) in [6.07, 6.45) is -1.50. The Morgan fingerprint density at radius 2 is 1.67 bits per heavy atom. The van der Waals surface area contributed by atoms with Gasteiger partial charge in [-0.05, 0) is 6.42 Å². The standard InChI is InChI=1S/C14H28O9S/c1-2-3-4-5-6-7-8-14(18)13(23-24(19,20)21)12(17)11(16)10(9-15)22-14/h10-13,15-18H,2-9H2,1H3,(H,19,20,21)/t10-,11-,12+,13-,14-/m1/s1. The van der Waals surface area contributed by atoms with E-state index in [-0.39, 0.29) is 6.42 Å². The van der Waals surface area contributed by atoms with E-state index in [1.54, 1.807) is 0 Å². The third kappa shape index (κ3) is 6.19. The fourth-order valence-electron chi connectivity index (χ4n) is 2.83. The van der Waals surface area contributed by atoms with E-state index in [4.69, 9.17) is 9.29 Å². The van der Waals surface area contributed by atoms with Crippen molar-refractivity contribution in [3.05, 3.63) is 0 Å². The monoisotopic (exact) mass is 372 g/mol. The number of unbranched alkanes of at least 4 members (excludes halogenated alkanes) is 5. The van der Waals surface area contributed by atoms with E-state index in [1.165, 1.54) is 0 Å². The highest BCUT2D eigenvalue weighted by Crippen LogP contribution is 2.35. The zero-order valence-electron chi connectivity index (χ0n) is 13.7. The summed E-state index contributed by atoms with van der Waals surface area (Å²) in [5, 5.41) is 39.6. The summed E-state index contributed by atoms with van der Waals surface area (Å²) >= 11 is 0. The van der Waals surface area contributed by atoms with Crippen LogP contribution in [0.4, 0.5) is 0 Å². The van der Waals surface area contributed by atoms with Crippen molar-refractivity contribution in [2.45, 2.75) is 82.1 Å². The van der Waals surface area contributed by atoms with Crippen LogP contribution in [0.15, 0.2) is 0 Å². The van der Waals surface area contributed by atoms with Gasteiger partial charge in [0.05, 0.1) is 6.61 Å². The van der Waals surface area contributed by atoms with Crippen LogP contribution in [0, 0.1) is 0 Å². The van der Waals surface area contributed by atoms with Crippen molar-refractivity contribution in [3.8, 4) is 0 Å². The van der Waals surface area contributed by atoms with Gasteiger partial charge in [-0.2, -0.15) is 8.42 Å². The molecular weight excluding hydrogens is 344 g/mol. The van der Waals surface area contributed by atoms with E-state index in [1.807, 2.05) is 0 Å². The summed E-state index contributed by atoms with van der Waals surface area (Å²) in [5.74, 6) is -2.26. The van der Waals surface area contributed by atoms with E-state index in [2.05, 4.69) is 11.1 Å². The Morgan fingerprint density at radius 3 is 2.21 bits per heavy atom. The largest absolute Gasteiger partial charge is 0.397 e. The molecule has 0 unspecified atom stereocenters. The van der Waals surface area contributed by atoms with Crippen LogP contribution in [0.5, 0.6) is 0 Å². The lowest BCUT2D eigenvalue weighted by Gasteiger charge is -2.46. The maximum atomic E-state index is 11.0. The Labute approximate surface area is 142 Å². The average molecular weight is 372 g/mol. The smallest absolute Gasteiger partial charge is 0.394 e. The molecule has 1 aliphatic heterocycles. The molecule has 10 heteroatoms. The molecule has 0 aliphatic carbocycles. The molecule has 0 aromatic rings. The second-order valence-corrected chi connectivity index (χ2v) is 7.18. The van der Waals surface area contributed by atoms with Gasteiger partial charge in [-0.15, -0.1) is 0 Å². The summed E-state index contributed by atoms with van der Waals surface area (Å²) in [7, 11) is -4.99. The molecule has 5 N–H and O–H groups in total. The predicted octanol–water partition coefficient (Wildman–Crippen LogP) is -0.273. The minimum absolute atomic E-state index is 0.0837. The summed E-state index contributed by atoms with van der Waals surface area (Å²) < 4.78 is 40.3. The first kappa shape index (κ1) is 21.7. The minimum Gasteiger partial charge on any atom is -0.394 e. The number of hydrogen-bond donors (Lipinski definition) is 5. The second kappa shape index (κ2) is 9.39. The number of rotatable bonds is 10. The van der Waals surface area contributed by atoms with Gasteiger partial charge >= 0.3 is 10.4 Å². The average Bonchev–Trinajstić information content (AvgIpc) is 2.50. The SMILES string of the molecule is CCCCCCCC[C@@]1(O)O[C@H](CO)[C@@H](O)[C@H](O)[C@H]1OS(=O)(=O)O. The lowest BCUT2D eigenvalue weighted by molar-refractivity contribution is -0.346. The van der Waals surface area contributed by atoms with Crippen LogP contribution >= 0.6 is 0 Å². The summed E-state index contributed by atoms with van der Waals surface area (Å²) in [4.78, 5) is 0. The summed E-state index contributed by atoms with van der Waals surface area (Å²) in [6.45, 7) is 1.40. The van der Waals surface area contributed by atoms with Gasteiger partial charge in [0.2, 0.25) is 0 Å². The van der Waals surface area contributed by atoms with E-state index in [9.17, 15) is 28.8 Å². The number of aliphatic hydroxyl groups excluding tert-OH is 3. The fourth-order valence-corrected chi connectivity index (χ4v) is 3.36. The lowest BCUT2D eigenvalue weighted by atomic mass is 9.89. The van der Waals surface area contributed by atoms with Crippen molar-refractivity contribution < 1.29 is 42.3 Å². The maximum absolute atomic E-state index is 11.0. The highest BCUT2D eigenvalue weighted by molar-refractivity contribution is 7.80. The zero-order valence-corrected chi connectivity index (χ0v) is 14.6. The number of ether oxygens (including phenoxy) is 1. The Kier molecular flexibility index (Phi) is 8.50. The molecule has 24 heavy (non-hydrogen) atoms. The van der Waals surface area contributed by atoms with Gasteiger partial charge in [-0.1, -0.05) is 39.0 Å². The van der Waals surface area contributed by atoms with Crippen LogP contribution in [-0.2, 0) is 19.3 Å². The van der Waals surface area contributed by atoms with Crippen molar-refractivity contribution in [2.24, 2.45) is 0 Å². The molecular formula is C14H28O9S. The van der Waals surface area contributed by atoms with Crippen LogP contribution in [0.3, 0.4) is 0 Å². The minimum atomic E-state index is -4.99. The van der Waals surface area contributed by atoms with Crippen molar-refractivity contribution in [1.82, 2.24) is 0 Å². The van der Waals surface area contributed by atoms with Gasteiger partial charge in [0.1, 0.15) is 18.3 Å². The first-order valence-electron chi connectivity index (χ1n) is 8.17. The number of aliphatic hydroxyl groups is 4. The quantitative estimate of drug-likeness (QED) is 0.257. The van der Waals surface area contributed by atoms with Gasteiger partial charge in [-0.25, -0.2) is 4.18 Å². The molecule has 0 saturated carbocycles. The molecule has 0 amide bonds. The molecule has 0 aromatic heterocycles. The van der Waals surface area contributed by atoms with E-state index < -0.39 is 47.2 Å². The third-order valence-electron chi connectivity index (χ3n) is 4.13. The van der Waals surface area contributed by atoms with E-state index >= 15 is 0 Å². The Balaban J connectivity index is 2.78. The molecule has 0 bridgehead atoms. The lowest BCUT2D eigenvalue weighted by Crippen LogP contribution is -2.66. The molecule has 0 aromatic carbocycles. The van der Waals surface area contributed by atoms with Crippen LogP contribution in [0.25, 0.3) is 0 Å². The molecule has 1 fully saturated rings. The molecule has 0 radical (unpaired) electrons. The van der Waals surface area contributed by atoms with Crippen LogP contribution in [0.1, 0.15) is 51.9 Å². The second-order valence-electron chi connectivity index (χ2n) is 6.13. The van der Waals surface area contributed by atoms with E-state index in [0.29, 0.717) is 6.42 Å². The van der Waals surface area contributed by atoms with Gasteiger partial charge in [-0.3, -0.25) is 4.55 Å². The van der Waals surface area contributed by atoms with Crippen molar-refractivity contribution in [3.63, 3.8) is 0 Å². The van der Waals surface area contributed by atoms with Crippen molar-refractivity contribution in [2.75, 3.05) is 6.61 Å². The number of hydrogen-bond acceptors (Lipinski definition) is 8. The molecule has 1 aliphatic rings. The van der Waals surface area contributed by atoms with Crippen molar-refractivity contribution in [1.29, 1.82) is 0 Å². The van der Waals surface area contributed by atoms with Crippen molar-refractivity contribution >= 4 is 10.4 Å². The highest BCUT2D eigenvalue weighted by Gasteiger charge is 2.55. The van der Waals surface area contributed by atoms with E-state index in [0.717, 1.165) is 32.1 Å². The molecule has 5 atom stereocenters. The summed E-state index contributed by atoms with van der Waals surface area (Å²) in [6, 6.07) is 0. The maximum Gasteiger partial charge on any atom is 0.397 e. The Morgan fingerprint density at radius 1 is 1.08 bits per heavy atom. The third-order valence-corrected chi connectivity index (χ3v) is 4.59. The zero-order chi connectivity index (χ0) is 18.4. The van der Waals surface area contributed by atoms with Crippen LogP contribution < -0.4 is 0 Å².